The molecule has 2 nitrogen and oxygen atoms in total. The maximum Gasteiger partial charge on any atom is 0.125 e. The first kappa shape index (κ1) is 14.9. The molecule has 0 amide bonds. The molecule has 0 spiro atoms. The molecule has 1 atom stereocenters. The van der Waals surface area contributed by atoms with Crippen LogP contribution in [0.25, 0.3) is 0 Å². The lowest BCUT2D eigenvalue weighted by Crippen LogP contribution is -1.99. The molecule has 0 bridgehead atoms. The van der Waals surface area contributed by atoms with Crippen LogP contribution in [0, 0.1) is 13.8 Å². The summed E-state index contributed by atoms with van der Waals surface area (Å²) < 4.78 is 5.36. The van der Waals surface area contributed by atoms with Crippen molar-refractivity contribution in [3.05, 3.63) is 53.1 Å². The largest absolute Gasteiger partial charge is 0.496 e. The summed E-state index contributed by atoms with van der Waals surface area (Å²) >= 11 is 1.67. The van der Waals surface area contributed by atoms with Crippen LogP contribution in [0.4, 0.5) is 0 Å². The maximum absolute atomic E-state index is 10.0. The van der Waals surface area contributed by atoms with Gasteiger partial charge in [-0.05, 0) is 44.5 Å². The Morgan fingerprint density at radius 2 is 1.85 bits per heavy atom. The third kappa shape index (κ3) is 3.17. The van der Waals surface area contributed by atoms with E-state index < -0.39 is 6.10 Å². The van der Waals surface area contributed by atoms with Gasteiger partial charge in [-0.3, -0.25) is 0 Å². The van der Waals surface area contributed by atoms with E-state index in [0.717, 1.165) is 16.2 Å². The Hall–Kier alpha value is -1.45. The summed E-state index contributed by atoms with van der Waals surface area (Å²) in [6.45, 7) is 5.97. The molecule has 0 aromatic heterocycles. The molecule has 20 heavy (non-hydrogen) atoms. The van der Waals surface area contributed by atoms with Crippen LogP contribution >= 0.6 is 11.8 Å². The smallest absolute Gasteiger partial charge is 0.125 e. The van der Waals surface area contributed by atoms with Gasteiger partial charge in [0.1, 0.15) is 5.75 Å². The summed E-state index contributed by atoms with van der Waals surface area (Å²) in [6.07, 6.45) is -0.556. The van der Waals surface area contributed by atoms with Gasteiger partial charge in [0, 0.05) is 15.4 Å². The number of aliphatic hydroxyl groups excluding tert-OH is 1. The number of aryl methyl sites for hydroxylation is 2. The first-order valence-corrected chi connectivity index (χ1v) is 7.44. The van der Waals surface area contributed by atoms with Gasteiger partial charge in [-0.2, -0.15) is 0 Å². The molecular formula is C17H20O2S. The van der Waals surface area contributed by atoms with E-state index in [-0.39, 0.29) is 0 Å². The second-order valence-electron chi connectivity index (χ2n) is 4.92. The van der Waals surface area contributed by atoms with E-state index in [0.29, 0.717) is 0 Å². The number of methoxy groups -OCH3 is 1. The highest BCUT2D eigenvalue weighted by Gasteiger charge is 2.15. The van der Waals surface area contributed by atoms with Crippen molar-refractivity contribution in [2.75, 3.05) is 7.11 Å². The fraction of sp³-hybridized carbons (Fsp3) is 0.294. The zero-order valence-electron chi connectivity index (χ0n) is 12.3. The summed E-state index contributed by atoms with van der Waals surface area (Å²) in [4.78, 5) is 2.23. The van der Waals surface area contributed by atoms with E-state index in [1.54, 1.807) is 25.8 Å². The summed E-state index contributed by atoms with van der Waals surface area (Å²) in [5.41, 5.74) is 3.35. The highest BCUT2D eigenvalue weighted by molar-refractivity contribution is 7.99. The molecule has 0 aliphatic carbocycles. The number of hydrogen-bond donors (Lipinski definition) is 1. The van der Waals surface area contributed by atoms with Crippen LogP contribution in [0.15, 0.2) is 46.2 Å². The summed E-state index contributed by atoms with van der Waals surface area (Å²) in [5.74, 6) is 0.731. The Kier molecular flexibility index (Phi) is 4.73. The second kappa shape index (κ2) is 6.33. The molecular weight excluding hydrogens is 268 g/mol. The minimum atomic E-state index is -0.556. The van der Waals surface area contributed by atoms with Crippen LogP contribution in [0.2, 0.25) is 0 Å². The SMILES string of the molecule is COc1cccc(Sc2ccc(C)cc2C)c1[C@H](C)O. The quantitative estimate of drug-likeness (QED) is 0.897. The molecule has 0 heterocycles. The van der Waals surface area contributed by atoms with Crippen molar-refractivity contribution >= 4 is 11.8 Å². The number of rotatable bonds is 4. The molecule has 0 unspecified atom stereocenters. The highest BCUT2D eigenvalue weighted by atomic mass is 32.2. The topological polar surface area (TPSA) is 29.5 Å². The number of aliphatic hydroxyl groups is 1. The van der Waals surface area contributed by atoms with Gasteiger partial charge in [-0.15, -0.1) is 0 Å². The Labute approximate surface area is 124 Å². The third-order valence-corrected chi connectivity index (χ3v) is 4.47. The first-order chi connectivity index (χ1) is 9.52. The lowest BCUT2D eigenvalue weighted by Gasteiger charge is -2.16. The maximum atomic E-state index is 10.0. The van der Waals surface area contributed by atoms with Gasteiger partial charge in [0.25, 0.3) is 0 Å². The molecule has 0 aliphatic rings. The second-order valence-corrected chi connectivity index (χ2v) is 6.00. The molecule has 0 saturated heterocycles. The van der Waals surface area contributed by atoms with Gasteiger partial charge < -0.3 is 9.84 Å². The fourth-order valence-corrected chi connectivity index (χ4v) is 3.36. The normalized spacial score (nSPS) is 12.2. The Morgan fingerprint density at radius 3 is 2.45 bits per heavy atom. The Morgan fingerprint density at radius 1 is 1.10 bits per heavy atom. The zero-order valence-corrected chi connectivity index (χ0v) is 13.1. The summed E-state index contributed by atoms with van der Waals surface area (Å²) in [7, 11) is 1.63. The van der Waals surface area contributed by atoms with E-state index >= 15 is 0 Å². The molecule has 3 heteroatoms. The number of hydrogen-bond acceptors (Lipinski definition) is 3. The van der Waals surface area contributed by atoms with Crippen LogP contribution in [0.5, 0.6) is 5.75 Å². The molecule has 106 valence electrons. The summed E-state index contributed by atoms with van der Waals surface area (Å²) in [6, 6.07) is 12.3. The minimum Gasteiger partial charge on any atom is -0.496 e. The Balaban J connectivity index is 2.43. The standard InChI is InChI=1S/C17H20O2S/c1-11-8-9-15(12(2)10-11)20-16-7-5-6-14(19-4)17(16)13(3)18/h5-10,13,18H,1-4H3/t13-/m0/s1. The summed E-state index contributed by atoms with van der Waals surface area (Å²) in [5, 5.41) is 10.0. The van der Waals surface area contributed by atoms with E-state index in [4.69, 9.17) is 4.74 Å². The van der Waals surface area contributed by atoms with Crippen LogP contribution in [-0.2, 0) is 0 Å². The van der Waals surface area contributed by atoms with Crippen molar-refractivity contribution in [1.29, 1.82) is 0 Å². The Bertz CT molecular complexity index is 606. The number of ether oxygens (including phenoxy) is 1. The van der Waals surface area contributed by atoms with Gasteiger partial charge in [-0.1, -0.05) is 35.5 Å². The lowest BCUT2D eigenvalue weighted by atomic mass is 10.1. The number of benzene rings is 2. The molecule has 0 radical (unpaired) electrons. The highest BCUT2D eigenvalue weighted by Crippen LogP contribution is 2.39. The molecule has 0 fully saturated rings. The molecule has 2 rings (SSSR count). The van der Waals surface area contributed by atoms with Crippen molar-refractivity contribution in [2.24, 2.45) is 0 Å². The van der Waals surface area contributed by atoms with E-state index in [2.05, 4.69) is 32.0 Å². The predicted molar refractivity (Wildman–Crippen MR) is 83.7 cm³/mol. The first-order valence-electron chi connectivity index (χ1n) is 6.63. The van der Waals surface area contributed by atoms with Gasteiger partial charge in [0.2, 0.25) is 0 Å². The third-order valence-electron chi connectivity index (χ3n) is 3.21. The van der Waals surface area contributed by atoms with E-state index in [1.165, 1.54) is 16.0 Å². The fourth-order valence-electron chi connectivity index (χ4n) is 2.23. The van der Waals surface area contributed by atoms with Crippen molar-refractivity contribution in [1.82, 2.24) is 0 Å². The minimum absolute atomic E-state index is 0.556. The average molecular weight is 288 g/mol. The van der Waals surface area contributed by atoms with Crippen LogP contribution in [-0.4, -0.2) is 12.2 Å². The molecule has 2 aromatic rings. The van der Waals surface area contributed by atoms with E-state index in [1.807, 2.05) is 18.2 Å². The average Bonchev–Trinajstić information content (AvgIpc) is 2.41. The zero-order chi connectivity index (χ0) is 14.7. The van der Waals surface area contributed by atoms with Crippen molar-refractivity contribution in [2.45, 2.75) is 36.7 Å². The van der Waals surface area contributed by atoms with Crippen LogP contribution < -0.4 is 4.74 Å². The molecule has 1 N–H and O–H groups in total. The lowest BCUT2D eigenvalue weighted by molar-refractivity contribution is 0.191. The van der Waals surface area contributed by atoms with Crippen LogP contribution in [0.1, 0.15) is 29.7 Å². The van der Waals surface area contributed by atoms with Gasteiger partial charge in [0.05, 0.1) is 13.2 Å². The van der Waals surface area contributed by atoms with Crippen LogP contribution in [0.3, 0.4) is 0 Å². The molecule has 0 aliphatic heterocycles. The molecule has 2 aromatic carbocycles. The monoisotopic (exact) mass is 288 g/mol. The van der Waals surface area contributed by atoms with Gasteiger partial charge >= 0.3 is 0 Å². The van der Waals surface area contributed by atoms with E-state index in [9.17, 15) is 5.11 Å². The van der Waals surface area contributed by atoms with Crippen molar-refractivity contribution in [3.63, 3.8) is 0 Å². The van der Waals surface area contributed by atoms with Gasteiger partial charge in [0.15, 0.2) is 0 Å². The predicted octanol–water partition coefficient (Wildman–Crippen LogP) is 4.52. The van der Waals surface area contributed by atoms with Crippen molar-refractivity contribution < 1.29 is 9.84 Å². The van der Waals surface area contributed by atoms with Gasteiger partial charge in [-0.25, -0.2) is 0 Å². The van der Waals surface area contributed by atoms with Crippen molar-refractivity contribution in [3.8, 4) is 5.75 Å². The molecule has 0 saturated carbocycles.